The molecule has 4 heterocycles. The van der Waals surface area contributed by atoms with Gasteiger partial charge in [0.15, 0.2) is 28.4 Å². The van der Waals surface area contributed by atoms with Gasteiger partial charge in [-0.2, -0.15) is 0 Å². The Kier molecular flexibility index (Phi) is 4.99. The Balaban J connectivity index is 1.58. The van der Waals surface area contributed by atoms with Crippen molar-refractivity contribution in [2.45, 2.75) is 34.6 Å². The number of imidazole rings is 1. The van der Waals surface area contributed by atoms with Gasteiger partial charge in [0.05, 0.1) is 6.61 Å². The lowest BCUT2D eigenvalue weighted by atomic mass is 10.1. The van der Waals surface area contributed by atoms with Gasteiger partial charge < -0.3 is 20.5 Å². The van der Waals surface area contributed by atoms with E-state index in [2.05, 4.69) is 15.0 Å². The van der Waals surface area contributed by atoms with Gasteiger partial charge in [0, 0.05) is 9.92 Å². The highest BCUT2D eigenvalue weighted by Crippen LogP contribution is 2.53. The number of aromatic nitrogens is 4. The molecule has 1 unspecified atom stereocenters. The third-order valence-electron chi connectivity index (χ3n) is 4.72. The first-order valence-corrected chi connectivity index (χ1v) is 11.4. The number of benzene rings is 1. The minimum atomic E-state index is -4.25. The smallest absolute Gasteiger partial charge is 0.386 e. The number of rotatable bonds is 3. The van der Waals surface area contributed by atoms with Crippen LogP contribution >= 0.6 is 31.2 Å². The normalized spacial score (nSPS) is 31.2. The number of phosphoric acid groups is 1. The Labute approximate surface area is 178 Å². The summed E-state index contributed by atoms with van der Waals surface area (Å²) in [5, 5.41) is 11.9. The predicted octanol–water partition coefficient (Wildman–Crippen LogP) is 1.99. The van der Waals surface area contributed by atoms with Crippen molar-refractivity contribution < 1.29 is 28.3 Å². The highest BCUT2D eigenvalue weighted by Gasteiger charge is 2.53. The van der Waals surface area contributed by atoms with Crippen LogP contribution in [-0.2, 0) is 18.3 Å². The fourth-order valence-corrected chi connectivity index (χ4v) is 5.36. The van der Waals surface area contributed by atoms with Crippen LogP contribution in [0, 0.1) is 0 Å². The van der Waals surface area contributed by atoms with Crippen LogP contribution in [0.5, 0.6) is 0 Å². The lowest BCUT2D eigenvalue weighted by molar-refractivity contribution is -0.0684. The summed E-state index contributed by atoms with van der Waals surface area (Å²) in [5.41, 5.74) is 6.65. The van der Waals surface area contributed by atoms with Crippen molar-refractivity contribution in [1.29, 1.82) is 0 Å². The highest BCUT2D eigenvalue weighted by molar-refractivity contribution is 7.99. The van der Waals surface area contributed by atoms with Crippen molar-refractivity contribution in [2.24, 2.45) is 0 Å². The number of nitrogen functional groups attached to an aromatic ring is 1. The second kappa shape index (κ2) is 7.43. The van der Waals surface area contributed by atoms with Crippen molar-refractivity contribution in [3.05, 3.63) is 35.6 Å². The van der Waals surface area contributed by atoms with Crippen LogP contribution < -0.4 is 5.73 Å². The van der Waals surface area contributed by atoms with Gasteiger partial charge in [-0.15, -0.1) is 0 Å². The van der Waals surface area contributed by atoms with E-state index in [1.54, 1.807) is 16.7 Å². The number of fused-ring (bicyclic) bond motifs is 2. The van der Waals surface area contributed by atoms with Crippen LogP contribution in [0.4, 0.5) is 5.82 Å². The summed E-state index contributed by atoms with van der Waals surface area (Å²) in [6.07, 6.45) is -2.80. The number of halogens is 1. The molecule has 0 radical (unpaired) electrons. The van der Waals surface area contributed by atoms with Crippen LogP contribution in [0.2, 0.25) is 5.02 Å². The van der Waals surface area contributed by atoms with Crippen LogP contribution in [0.3, 0.4) is 0 Å². The van der Waals surface area contributed by atoms with E-state index in [-0.39, 0.29) is 12.4 Å². The van der Waals surface area contributed by atoms with Gasteiger partial charge in [-0.3, -0.25) is 13.6 Å². The standard InChI is InChI=1S/C16H15ClN5O6PS/c17-7-1-3-8(4-2-7)30-16-21-10-13(18)19-6-20-14(10)22(16)15-11(23)12-9(27-15)5-26-29(24,25)28-12/h1-4,6,9,11-12,15,23H,5H2,(H,24,25)(H2,18,19,20)/t9-,11+,12+,15-/m0/s1. The number of hydrogen-bond acceptors (Lipinski definition) is 10. The van der Waals surface area contributed by atoms with E-state index in [9.17, 15) is 14.6 Å². The second-order valence-electron chi connectivity index (χ2n) is 6.64. The van der Waals surface area contributed by atoms with E-state index in [1.807, 2.05) is 12.1 Å². The van der Waals surface area contributed by atoms with Crippen molar-refractivity contribution in [1.82, 2.24) is 19.5 Å². The molecule has 158 valence electrons. The van der Waals surface area contributed by atoms with Gasteiger partial charge in [0.1, 0.15) is 24.6 Å². The molecule has 4 N–H and O–H groups in total. The maximum atomic E-state index is 11.8. The third-order valence-corrected chi connectivity index (χ3v) is 6.93. The first kappa shape index (κ1) is 20.2. The minimum absolute atomic E-state index is 0.168. The first-order chi connectivity index (χ1) is 14.3. The number of nitrogens with two attached hydrogens (primary N) is 1. The number of phosphoric ester groups is 1. The third kappa shape index (κ3) is 3.49. The average molecular weight is 472 g/mol. The number of nitrogens with zero attached hydrogens (tertiary/aromatic N) is 4. The molecular formula is C16H15ClN5O6PS. The maximum absolute atomic E-state index is 11.8. The molecule has 3 aromatic rings. The Bertz CT molecular complexity index is 1160. The van der Waals surface area contributed by atoms with Crippen molar-refractivity contribution in [3.8, 4) is 0 Å². The lowest BCUT2D eigenvalue weighted by Crippen LogP contribution is -2.39. The van der Waals surface area contributed by atoms with Gasteiger partial charge in [0.25, 0.3) is 0 Å². The van der Waals surface area contributed by atoms with Crippen LogP contribution in [0.1, 0.15) is 6.23 Å². The molecule has 0 amide bonds. The molecule has 2 fully saturated rings. The summed E-state index contributed by atoms with van der Waals surface area (Å²) >= 11 is 7.24. The average Bonchev–Trinajstić information content (AvgIpc) is 3.21. The van der Waals surface area contributed by atoms with E-state index in [0.29, 0.717) is 21.3 Å². The molecule has 2 aromatic heterocycles. The number of aliphatic hydroxyl groups is 1. The monoisotopic (exact) mass is 471 g/mol. The SMILES string of the molecule is Nc1ncnc2c1nc(Sc1ccc(Cl)cc1)n2[C@H]1O[C@H]2COP(=O)(O)O[C@H]2[C@H]1O. The molecule has 0 aliphatic carbocycles. The summed E-state index contributed by atoms with van der Waals surface area (Å²) in [6.45, 7) is -0.199. The number of hydrogen-bond donors (Lipinski definition) is 3. The largest absolute Gasteiger partial charge is 0.472 e. The maximum Gasteiger partial charge on any atom is 0.472 e. The van der Waals surface area contributed by atoms with E-state index in [1.165, 1.54) is 18.1 Å². The van der Waals surface area contributed by atoms with Crippen molar-refractivity contribution in [3.63, 3.8) is 0 Å². The molecule has 30 heavy (non-hydrogen) atoms. The molecule has 14 heteroatoms. The molecule has 0 spiro atoms. The molecule has 5 atom stereocenters. The number of aliphatic hydroxyl groups excluding tert-OH is 1. The molecule has 11 nitrogen and oxygen atoms in total. The summed E-state index contributed by atoms with van der Waals surface area (Å²) < 4.78 is 29.1. The topological polar surface area (TPSA) is 155 Å². The van der Waals surface area contributed by atoms with Crippen LogP contribution in [-0.4, -0.2) is 54.4 Å². The predicted molar refractivity (Wildman–Crippen MR) is 106 cm³/mol. The van der Waals surface area contributed by atoms with Crippen LogP contribution in [0.25, 0.3) is 11.2 Å². The van der Waals surface area contributed by atoms with Gasteiger partial charge in [-0.25, -0.2) is 19.5 Å². The van der Waals surface area contributed by atoms with E-state index >= 15 is 0 Å². The summed E-state index contributed by atoms with van der Waals surface area (Å²) in [5.74, 6) is 0.168. The van der Waals surface area contributed by atoms with Gasteiger partial charge >= 0.3 is 7.82 Å². The zero-order chi connectivity index (χ0) is 21.0. The summed E-state index contributed by atoms with van der Waals surface area (Å²) in [7, 11) is -4.25. The van der Waals surface area contributed by atoms with Gasteiger partial charge in [0.2, 0.25) is 0 Å². The molecule has 0 bridgehead atoms. The molecule has 5 rings (SSSR count). The molecule has 2 aliphatic rings. The quantitative estimate of drug-likeness (QED) is 0.480. The van der Waals surface area contributed by atoms with E-state index in [0.717, 1.165) is 4.90 Å². The Morgan fingerprint density at radius 1 is 1.30 bits per heavy atom. The fourth-order valence-electron chi connectivity index (χ4n) is 3.36. The van der Waals surface area contributed by atoms with Gasteiger partial charge in [-0.05, 0) is 24.3 Å². The summed E-state index contributed by atoms with van der Waals surface area (Å²) in [4.78, 5) is 23.2. The molecule has 1 aromatic carbocycles. The zero-order valence-corrected chi connectivity index (χ0v) is 17.5. The summed E-state index contributed by atoms with van der Waals surface area (Å²) in [6, 6.07) is 7.11. The number of anilines is 1. The minimum Gasteiger partial charge on any atom is -0.386 e. The second-order valence-corrected chi connectivity index (χ2v) is 9.52. The molecule has 2 aliphatic heterocycles. The number of ether oxygens (including phenoxy) is 1. The van der Waals surface area contributed by atoms with E-state index in [4.69, 9.17) is 31.1 Å². The highest BCUT2D eigenvalue weighted by atomic mass is 35.5. The first-order valence-electron chi connectivity index (χ1n) is 8.73. The van der Waals surface area contributed by atoms with Crippen molar-refractivity contribution in [2.75, 3.05) is 12.3 Å². The molecular weight excluding hydrogens is 457 g/mol. The Morgan fingerprint density at radius 3 is 2.83 bits per heavy atom. The lowest BCUT2D eigenvalue weighted by Gasteiger charge is -2.27. The van der Waals surface area contributed by atoms with Crippen LogP contribution in [0.15, 0.2) is 40.6 Å². The van der Waals surface area contributed by atoms with Gasteiger partial charge in [-0.1, -0.05) is 23.4 Å². The zero-order valence-electron chi connectivity index (χ0n) is 15.0. The van der Waals surface area contributed by atoms with Crippen molar-refractivity contribution >= 4 is 48.2 Å². The van der Waals surface area contributed by atoms with E-state index < -0.39 is 32.4 Å². The Hall–Kier alpha value is -1.76. The molecule has 2 saturated heterocycles. The molecule has 0 saturated carbocycles. The Morgan fingerprint density at radius 2 is 2.07 bits per heavy atom. The fraction of sp³-hybridized carbons (Fsp3) is 0.312.